The number of hydrogen-bond donors (Lipinski definition) is 2. The van der Waals surface area contributed by atoms with Gasteiger partial charge in [-0.1, -0.05) is 43.4 Å². The lowest BCUT2D eigenvalue weighted by molar-refractivity contribution is 0.0933. The fourth-order valence-corrected chi connectivity index (χ4v) is 4.42. The summed E-state index contributed by atoms with van der Waals surface area (Å²) in [7, 11) is -3.74. The molecule has 7 heteroatoms. The maximum atomic E-state index is 12.5. The average Bonchev–Trinajstić information content (AvgIpc) is 2.90. The van der Waals surface area contributed by atoms with Gasteiger partial charge in [-0.2, -0.15) is 0 Å². The van der Waals surface area contributed by atoms with Crippen molar-refractivity contribution in [1.29, 1.82) is 0 Å². The predicted molar refractivity (Wildman–Crippen MR) is 108 cm³/mol. The quantitative estimate of drug-likeness (QED) is 0.713. The number of rotatable bonds is 5. The Morgan fingerprint density at radius 2 is 1.63 bits per heavy atom. The van der Waals surface area contributed by atoms with Crippen LogP contribution in [0.2, 0.25) is 5.02 Å². The first-order valence-electron chi connectivity index (χ1n) is 9.13. The van der Waals surface area contributed by atoms with Crippen molar-refractivity contribution in [3.05, 3.63) is 59.1 Å². The lowest BCUT2D eigenvalue weighted by Crippen LogP contribution is -2.34. The van der Waals surface area contributed by atoms with Crippen molar-refractivity contribution in [3.63, 3.8) is 0 Å². The molecule has 1 aliphatic carbocycles. The summed E-state index contributed by atoms with van der Waals surface area (Å²) in [5, 5.41) is 3.54. The Bertz CT molecular complexity index is 890. The highest BCUT2D eigenvalue weighted by molar-refractivity contribution is 7.92. The Morgan fingerprint density at radius 3 is 2.30 bits per heavy atom. The molecule has 0 saturated heterocycles. The zero-order valence-corrected chi connectivity index (χ0v) is 16.5. The van der Waals surface area contributed by atoms with Crippen molar-refractivity contribution < 1.29 is 13.2 Å². The van der Waals surface area contributed by atoms with E-state index in [-0.39, 0.29) is 16.8 Å². The molecule has 0 heterocycles. The van der Waals surface area contributed by atoms with Crippen LogP contribution >= 0.6 is 11.6 Å². The van der Waals surface area contributed by atoms with Crippen molar-refractivity contribution in [2.24, 2.45) is 0 Å². The highest BCUT2D eigenvalue weighted by Gasteiger charge is 2.18. The first-order valence-corrected chi connectivity index (χ1v) is 11.0. The van der Waals surface area contributed by atoms with Gasteiger partial charge in [0.1, 0.15) is 0 Å². The molecule has 0 bridgehead atoms. The van der Waals surface area contributed by atoms with Gasteiger partial charge >= 0.3 is 0 Å². The van der Waals surface area contributed by atoms with Gasteiger partial charge in [-0.3, -0.25) is 9.52 Å². The lowest BCUT2D eigenvalue weighted by atomic mass is 10.1. The van der Waals surface area contributed by atoms with Crippen molar-refractivity contribution in [1.82, 2.24) is 5.32 Å². The van der Waals surface area contributed by atoms with Gasteiger partial charge in [0.05, 0.1) is 4.90 Å². The summed E-state index contributed by atoms with van der Waals surface area (Å²) in [5.74, 6) is -0.172. The molecule has 0 aliphatic heterocycles. The number of hydrogen-bond acceptors (Lipinski definition) is 3. The number of anilines is 1. The number of sulfonamides is 1. The second-order valence-electron chi connectivity index (χ2n) is 6.80. The molecule has 2 N–H and O–H groups in total. The second kappa shape index (κ2) is 8.76. The van der Waals surface area contributed by atoms with Crippen molar-refractivity contribution in [3.8, 4) is 0 Å². The number of halogens is 1. The molecule has 0 atom stereocenters. The van der Waals surface area contributed by atoms with Crippen molar-refractivity contribution in [2.75, 3.05) is 4.72 Å². The molecule has 0 radical (unpaired) electrons. The predicted octanol–water partition coefficient (Wildman–Crippen LogP) is 4.59. The lowest BCUT2D eigenvalue weighted by Gasteiger charge is -2.16. The van der Waals surface area contributed by atoms with Gasteiger partial charge in [-0.05, 0) is 55.3 Å². The van der Waals surface area contributed by atoms with E-state index in [2.05, 4.69) is 10.0 Å². The molecule has 1 saturated carbocycles. The van der Waals surface area contributed by atoms with Gasteiger partial charge in [-0.15, -0.1) is 0 Å². The van der Waals surface area contributed by atoms with Crippen LogP contribution in [0, 0.1) is 0 Å². The molecule has 1 amide bonds. The third-order valence-corrected chi connectivity index (χ3v) is 6.34. The van der Waals surface area contributed by atoms with Gasteiger partial charge in [0, 0.05) is 22.3 Å². The van der Waals surface area contributed by atoms with Crippen LogP contribution in [0.15, 0.2) is 53.4 Å². The Hall–Kier alpha value is -2.05. The SMILES string of the molecule is O=C(NC1CCCCCC1)c1cccc(NS(=O)(=O)c2ccc(Cl)cc2)c1. The van der Waals surface area contributed by atoms with E-state index in [0.29, 0.717) is 16.3 Å². The number of amides is 1. The largest absolute Gasteiger partial charge is 0.349 e. The van der Waals surface area contributed by atoms with Crippen LogP contribution < -0.4 is 10.0 Å². The molecule has 0 spiro atoms. The Kier molecular flexibility index (Phi) is 6.39. The van der Waals surface area contributed by atoms with E-state index in [1.54, 1.807) is 24.3 Å². The van der Waals surface area contributed by atoms with Crippen LogP contribution in [-0.4, -0.2) is 20.4 Å². The fourth-order valence-electron chi connectivity index (χ4n) is 3.24. The molecule has 1 aliphatic rings. The van der Waals surface area contributed by atoms with Crippen molar-refractivity contribution in [2.45, 2.75) is 49.5 Å². The topological polar surface area (TPSA) is 75.3 Å². The molecule has 2 aromatic carbocycles. The van der Waals surface area contributed by atoms with Crippen LogP contribution in [-0.2, 0) is 10.0 Å². The summed E-state index contributed by atoms with van der Waals surface area (Å²) in [5.41, 5.74) is 0.786. The summed E-state index contributed by atoms with van der Waals surface area (Å²) in [4.78, 5) is 12.7. The zero-order chi connectivity index (χ0) is 19.3. The number of carbonyl (C=O) groups is 1. The maximum Gasteiger partial charge on any atom is 0.261 e. The Morgan fingerprint density at radius 1 is 0.963 bits per heavy atom. The minimum atomic E-state index is -3.74. The Balaban J connectivity index is 1.71. The molecule has 1 fully saturated rings. The van der Waals surface area contributed by atoms with E-state index in [1.165, 1.54) is 37.1 Å². The van der Waals surface area contributed by atoms with Crippen LogP contribution in [0.3, 0.4) is 0 Å². The molecule has 27 heavy (non-hydrogen) atoms. The van der Waals surface area contributed by atoms with E-state index in [9.17, 15) is 13.2 Å². The standard InChI is InChI=1S/C20H23ClN2O3S/c21-16-10-12-19(13-11-16)27(25,26)23-18-9-5-6-15(14-18)20(24)22-17-7-3-1-2-4-8-17/h5-6,9-14,17,23H,1-4,7-8H2,(H,22,24). The normalized spacial score (nSPS) is 15.7. The van der Waals surface area contributed by atoms with E-state index in [0.717, 1.165) is 25.7 Å². The summed E-state index contributed by atoms with van der Waals surface area (Å²) >= 11 is 5.81. The third kappa shape index (κ3) is 5.47. The van der Waals surface area contributed by atoms with E-state index in [1.807, 2.05) is 0 Å². The monoisotopic (exact) mass is 406 g/mol. The van der Waals surface area contributed by atoms with Crippen LogP contribution in [0.25, 0.3) is 0 Å². The highest BCUT2D eigenvalue weighted by atomic mass is 35.5. The average molecular weight is 407 g/mol. The molecular formula is C20H23ClN2O3S. The van der Waals surface area contributed by atoms with Crippen LogP contribution in [0.5, 0.6) is 0 Å². The van der Waals surface area contributed by atoms with Gasteiger partial charge < -0.3 is 5.32 Å². The zero-order valence-electron chi connectivity index (χ0n) is 14.9. The molecule has 0 unspecified atom stereocenters. The highest BCUT2D eigenvalue weighted by Crippen LogP contribution is 2.20. The first-order chi connectivity index (χ1) is 12.9. The molecular weight excluding hydrogens is 384 g/mol. The van der Waals surface area contributed by atoms with Crippen molar-refractivity contribution >= 4 is 33.2 Å². The van der Waals surface area contributed by atoms with Gasteiger partial charge in [0.25, 0.3) is 15.9 Å². The number of carbonyl (C=O) groups excluding carboxylic acids is 1. The molecule has 5 nitrogen and oxygen atoms in total. The summed E-state index contributed by atoms with van der Waals surface area (Å²) in [6.07, 6.45) is 6.68. The van der Waals surface area contributed by atoms with E-state index < -0.39 is 10.0 Å². The van der Waals surface area contributed by atoms with Crippen LogP contribution in [0.4, 0.5) is 5.69 Å². The van der Waals surface area contributed by atoms with Gasteiger partial charge in [-0.25, -0.2) is 8.42 Å². The fraction of sp³-hybridized carbons (Fsp3) is 0.350. The minimum absolute atomic E-state index is 0.111. The van der Waals surface area contributed by atoms with Crippen LogP contribution in [0.1, 0.15) is 48.9 Å². The summed E-state index contributed by atoms with van der Waals surface area (Å²) < 4.78 is 27.5. The minimum Gasteiger partial charge on any atom is -0.349 e. The van der Waals surface area contributed by atoms with E-state index >= 15 is 0 Å². The number of benzene rings is 2. The summed E-state index contributed by atoms with van der Waals surface area (Å²) in [6, 6.07) is 12.6. The first kappa shape index (κ1) is 19.7. The molecule has 144 valence electrons. The van der Waals surface area contributed by atoms with Gasteiger partial charge in [0.15, 0.2) is 0 Å². The number of nitrogens with one attached hydrogen (secondary N) is 2. The molecule has 2 aromatic rings. The molecule has 3 rings (SSSR count). The second-order valence-corrected chi connectivity index (χ2v) is 8.92. The maximum absolute atomic E-state index is 12.5. The summed E-state index contributed by atoms with van der Waals surface area (Å²) in [6.45, 7) is 0. The molecule has 0 aromatic heterocycles. The van der Waals surface area contributed by atoms with E-state index in [4.69, 9.17) is 11.6 Å². The Labute approximate surface area is 165 Å². The smallest absolute Gasteiger partial charge is 0.261 e. The van der Waals surface area contributed by atoms with Gasteiger partial charge in [0.2, 0.25) is 0 Å². The third-order valence-electron chi connectivity index (χ3n) is 4.69.